The summed E-state index contributed by atoms with van der Waals surface area (Å²) in [5.74, 6) is 0.305. The standard InChI is InChI=1S/C17H25N3O3/c1-23-14-6-4-5-13(9-14)17(7-2-3-8-17)12-20-16(22)11-19-15(21)10-18/h4-6,9H,2-3,7-8,10-12,18H2,1H3,(H,19,21)(H,20,22). The number of amides is 2. The molecule has 1 aromatic rings. The minimum Gasteiger partial charge on any atom is -0.497 e. The fourth-order valence-corrected chi connectivity index (χ4v) is 3.15. The molecule has 2 amide bonds. The van der Waals surface area contributed by atoms with Crippen molar-refractivity contribution in [3.05, 3.63) is 29.8 Å². The number of benzene rings is 1. The maximum Gasteiger partial charge on any atom is 0.239 e. The molecule has 6 heteroatoms. The summed E-state index contributed by atoms with van der Waals surface area (Å²) in [6.45, 7) is 0.419. The molecule has 4 N–H and O–H groups in total. The first-order valence-corrected chi connectivity index (χ1v) is 7.98. The van der Waals surface area contributed by atoms with Crippen molar-refractivity contribution in [2.45, 2.75) is 31.1 Å². The number of nitrogens with two attached hydrogens (primary N) is 1. The number of carbonyl (C=O) groups excluding carboxylic acids is 2. The molecule has 126 valence electrons. The van der Waals surface area contributed by atoms with Crippen LogP contribution in [0.5, 0.6) is 5.75 Å². The van der Waals surface area contributed by atoms with E-state index >= 15 is 0 Å². The number of hydrogen-bond donors (Lipinski definition) is 3. The highest BCUT2D eigenvalue weighted by Gasteiger charge is 2.36. The second-order valence-corrected chi connectivity index (χ2v) is 5.98. The second kappa shape index (κ2) is 7.97. The lowest BCUT2D eigenvalue weighted by atomic mass is 9.78. The Morgan fingerprint density at radius 3 is 2.61 bits per heavy atom. The van der Waals surface area contributed by atoms with Crippen LogP contribution in [0.2, 0.25) is 0 Å². The Morgan fingerprint density at radius 1 is 1.22 bits per heavy atom. The zero-order chi connectivity index (χ0) is 16.7. The molecule has 1 aliphatic carbocycles. The van der Waals surface area contributed by atoms with Gasteiger partial charge in [0.25, 0.3) is 0 Å². The SMILES string of the molecule is COc1cccc(C2(CNC(=O)CNC(=O)CN)CCCC2)c1. The van der Waals surface area contributed by atoms with Crippen LogP contribution in [0.4, 0.5) is 0 Å². The van der Waals surface area contributed by atoms with Crippen molar-refractivity contribution in [2.75, 3.05) is 26.7 Å². The predicted octanol–water partition coefficient (Wildman–Crippen LogP) is 0.698. The van der Waals surface area contributed by atoms with Gasteiger partial charge in [0, 0.05) is 12.0 Å². The molecule has 0 atom stereocenters. The van der Waals surface area contributed by atoms with Crippen molar-refractivity contribution >= 4 is 11.8 Å². The van der Waals surface area contributed by atoms with Crippen LogP contribution >= 0.6 is 0 Å². The normalized spacial score (nSPS) is 15.9. The minimum atomic E-state index is -0.330. The van der Waals surface area contributed by atoms with Crippen LogP contribution in [0, 0.1) is 0 Å². The molecule has 1 aliphatic rings. The van der Waals surface area contributed by atoms with E-state index in [2.05, 4.69) is 16.7 Å². The van der Waals surface area contributed by atoms with Crippen molar-refractivity contribution in [1.82, 2.24) is 10.6 Å². The average Bonchev–Trinajstić information content (AvgIpc) is 3.08. The first-order valence-electron chi connectivity index (χ1n) is 7.98. The quantitative estimate of drug-likeness (QED) is 0.689. The third kappa shape index (κ3) is 4.45. The molecule has 0 saturated heterocycles. The summed E-state index contributed by atoms with van der Waals surface area (Å²) >= 11 is 0. The van der Waals surface area contributed by atoms with Gasteiger partial charge < -0.3 is 21.1 Å². The summed E-state index contributed by atoms with van der Waals surface area (Å²) in [6, 6.07) is 8.05. The number of hydrogen-bond acceptors (Lipinski definition) is 4. The molecule has 6 nitrogen and oxygen atoms in total. The maximum absolute atomic E-state index is 11.9. The number of methoxy groups -OCH3 is 1. The first kappa shape index (κ1) is 17.3. The van der Waals surface area contributed by atoms with E-state index in [1.807, 2.05) is 18.2 Å². The molecule has 1 fully saturated rings. The van der Waals surface area contributed by atoms with Gasteiger partial charge in [-0.3, -0.25) is 9.59 Å². The van der Waals surface area contributed by atoms with Crippen LogP contribution in [0.25, 0.3) is 0 Å². The fraction of sp³-hybridized carbons (Fsp3) is 0.529. The van der Waals surface area contributed by atoms with E-state index in [0.717, 1.165) is 31.4 Å². The first-order chi connectivity index (χ1) is 11.1. The molecular weight excluding hydrogens is 294 g/mol. The Kier molecular flexibility index (Phi) is 5.98. The lowest BCUT2D eigenvalue weighted by Gasteiger charge is -2.30. The molecule has 0 heterocycles. The Labute approximate surface area is 136 Å². The van der Waals surface area contributed by atoms with Crippen LogP contribution in [0.15, 0.2) is 24.3 Å². The van der Waals surface area contributed by atoms with Crippen LogP contribution in [-0.4, -0.2) is 38.6 Å². The molecule has 0 aliphatic heterocycles. The minimum absolute atomic E-state index is 0.0375. The highest BCUT2D eigenvalue weighted by molar-refractivity contribution is 5.85. The Balaban J connectivity index is 2.00. The highest BCUT2D eigenvalue weighted by atomic mass is 16.5. The summed E-state index contributed by atoms with van der Waals surface area (Å²) in [6.07, 6.45) is 4.37. The van der Waals surface area contributed by atoms with Crippen molar-refractivity contribution in [1.29, 1.82) is 0 Å². The van der Waals surface area contributed by atoms with E-state index < -0.39 is 0 Å². The lowest BCUT2D eigenvalue weighted by Crippen LogP contribution is -2.44. The number of rotatable bonds is 7. The number of nitrogens with one attached hydrogen (secondary N) is 2. The summed E-state index contributed by atoms with van der Waals surface area (Å²) in [5.41, 5.74) is 6.34. The van der Waals surface area contributed by atoms with Gasteiger partial charge in [-0.2, -0.15) is 0 Å². The van der Waals surface area contributed by atoms with E-state index in [1.54, 1.807) is 7.11 Å². The molecule has 1 aromatic carbocycles. The van der Waals surface area contributed by atoms with Gasteiger partial charge in [-0.15, -0.1) is 0 Å². The molecule has 0 aromatic heterocycles. The third-order valence-electron chi connectivity index (χ3n) is 4.50. The average molecular weight is 319 g/mol. The molecule has 2 rings (SSSR count). The Morgan fingerprint density at radius 2 is 1.96 bits per heavy atom. The van der Waals surface area contributed by atoms with Gasteiger partial charge in [-0.05, 0) is 30.5 Å². The zero-order valence-corrected chi connectivity index (χ0v) is 13.6. The monoisotopic (exact) mass is 319 g/mol. The smallest absolute Gasteiger partial charge is 0.239 e. The molecule has 0 spiro atoms. The van der Waals surface area contributed by atoms with Crippen molar-refractivity contribution in [3.63, 3.8) is 0 Å². The molecule has 0 radical (unpaired) electrons. The molecule has 0 bridgehead atoms. The maximum atomic E-state index is 11.9. The van der Waals surface area contributed by atoms with Crippen LogP contribution < -0.4 is 21.1 Å². The fourth-order valence-electron chi connectivity index (χ4n) is 3.15. The number of ether oxygens (including phenoxy) is 1. The predicted molar refractivity (Wildman–Crippen MR) is 88.2 cm³/mol. The second-order valence-electron chi connectivity index (χ2n) is 5.98. The Hall–Kier alpha value is -2.08. The van der Waals surface area contributed by atoms with Crippen molar-refractivity contribution in [3.8, 4) is 5.75 Å². The van der Waals surface area contributed by atoms with Crippen molar-refractivity contribution < 1.29 is 14.3 Å². The van der Waals surface area contributed by atoms with E-state index in [1.165, 1.54) is 5.56 Å². The van der Waals surface area contributed by atoms with Crippen LogP contribution in [0.1, 0.15) is 31.2 Å². The molecule has 23 heavy (non-hydrogen) atoms. The number of carbonyl (C=O) groups is 2. The van der Waals surface area contributed by atoms with Gasteiger partial charge in [-0.25, -0.2) is 0 Å². The molecule has 0 unspecified atom stereocenters. The van der Waals surface area contributed by atoms with E-state index in [-0.39, 0.29) is 30.3 Å². The van der Waals surface area contributed by atoms with Crippen molar-refractivity contribution in [2.24, 2.45) is 5.73 Å². The third-order valence-corrected chi connectivity index (χ3v) is 4.50. The summed E-state index contributed by atoms with van der Waals surface area (Å²) in [4.78, 5) is 23.0. The van der Waals surface area contributed by atoms with Gasteiger partial charge in [0.2, 0.25) is 11.8 Å². The highest BCUT2D eigenvalue weighted by Crippen LogP contribution is 2.41. The summed E-state index contributed by atoms with van der Waals surface area (Å²) < 4.78 is 5.32. The van der Waals surface area contributed by atoms with E-state index in [9.17, 15) is 9.59 Å². The molecular formula is C17H25N3O3. The Bertz CT molecular complexity index is 554. The topological polar surface area (TPSA) is 93.5 Å². The van der Waals surface area contributed by atoms with Crippen LogP contribution in [0.3, 0.4) is 0 Å². The van der Waals surface area contributed by atoms with E-state index in [0.29, 0.717) is 6.54 Å². The largest absolute Gasteiger partial charge is 0.497 e. The van der Waals surface area contributed by atoms with Gasteiger partial charge in [0.15, 0.2) is 0 Å². The van der Waals surface area contributed by atoms with Gasteiger partial charge in [0.05, 0.1) is 20.2 Å². The van der Waals surface area contributed by atoms with E-state index in [4.69, 9.17) is 10.5 Å². The van der Waals surface area contributed by atoms with Crippen LogP contribution in [-0.2, 0) is 15.0 Å². The zero-order valence-electron chi connectivity index (χ0n) is 13.6. The molecule has 1 saturated carbocycles. The summed E-state index contributed by atoms with van der Waals surface area (Å²) in [5, 5.41) is 5.43. The van der Waals surface area contributed by atoms with Gasteiger partial charge in [0.1, 0.15) is 5.75 Å². The lowest BCUT2D eigenvalue weighted by molar-refractivity contribution is -0.125. The van der Waals surface area contributed by atoms with Gasteiger partial charge in [-0.1, -0.05) is 25.0 Å². The summed E-state index contributed by atoms with van der Waals surface area (Å²) in [7, 11) is 1.66. The van der Waals surface area contributed by atoms with Gasteiger partial charge >= 0.3 is 0 Å².